The van der Waals surface area contributed by atoms with E-state index in [1.165, 1.54) is 0 Å². The fourth-order valence-corrected chi connectivity index (χ4v) is 1.71. The maximum absolute atomic E-state index is 11.1. The van der Waals surface area contributed by atoms with Crippen molar-refractivity contribution in [2.45, 2.75) is 25.8 Å². The van der Waals surface area contributed by atoms with Gasteiger partial charge in [0.05, 0.1) is 20.1 Å². The Morgan fingerprint density at radius 1 is 1.42 bits per heavy atom. The normalized spacial score (nSPS) is 11.8. The molecule has 106 valence electrons. The minimum absolute atomic E-state index is 0.0503. The maximum atomic E-state index is 11.1. The molecule has 1 aromatic carbocycles. The smallest absolute Gasteiger partial charge is 0.223 e. The van der Waals surface area contributed by atoms with Gasteiger partial charge in [0.15, 0.2) is 11.5 Å². The minimum Gasteiger partial charge on any atom is -0.493 e. The standard InChI is InChI=1S/C14H22N2O3/c1-10(15)8-11-4-5-12(18-3)13(9-11)19-7-6-14(17)16-2/h4-5,9-10H,6-8,15H2,1-3H3,(H,16,17). The molecule has 0 aromatic heterocycles. The lowest BCUT2D eigenvalue weighted by Crippen LogP contribution is -2.20. The van der Waals surface area contributed by atoms with Crippen molar-refractivity contribution in [3.8, 4) is 11.5 Å². The first kappa shape index (κ1) is 15.3. The van der Waals surface area contributed by atoms with Crippen molar-refractivity contribution in [2.75, 3.05) is 20.8 Å². The van der Waals surface area contributed by atoms with Gasteiger partial charge < -0.3 is 20.5 Å². The summed E-state index contributed by atoms with van der Waals surface area (Å²) in [6, 6.07) is 5.82. The van der Waals surface area contributed by atoms with E-state index < -0.39 is 0 Å². The molecule has 0 bridgehead atoms. The van der Waals surface area contributed by atoms with Crippen molar-refractivity contribution >= 4 is 5.91 Å². The molecule has 19 heavy (non-hydrogen) atoms. The summed E-state index contributed by atoms with van der Waals surface area (Å²) in [5.74, 6) is 1.25. The first-order valence-electron chi connectivity index (χ1n) is 6.32. The molecule has 0 aliphatic carbocycles. The number of rotatable bonds is 7. The predicted molar refractivity (Wildman–Crippen MR) is 74.5 cm³/mol. The number of ether oxygens (including phenoxy) is 2. The highest BCUT2D eigenvalue weighted by molar-refractivity contribution is 5.75. The number of nitrogens with one attached hydrogen (secondary N) is 1. The van der Waals surface area contributed by atoms with E-state index in [4.69, 9.17) is 15.2 Å². The molecule has 0 aliphatic rings. The summed E-state index contributed by atoms with van der Waals surface area (Å²) in [6.45, 7) is 2.27. The lowest BCUT2D eigenvalue weighted by molar-refractivity contribution is -0.121. The van der Waals surface area contributed by atoms with Crippen molar-refractivity contribution in [1.29, 1.82) is 0 Å². The summed E-state index contributed by atoms with van der Waals surface area (Å²) in [5, 5.41) is 2.55. The van der Waals surface area contributed by atoms with Gasteiger partial charge in [0.2, 0.25) is 5.91 Å². The van der Waals surface area contributed by atoms with Crippen molar-refractivity contribution < 1.29 is 14.3 Å². The van der Waals surface area contributed by atoms with Gasteiger partial charge in [0, 0.05) is 13.1 Å². The van der Waals surface area contributed by atoms with E-state index in [0.29, 0.717) is 24.5 Å². The molecule has 3 N–H and O–H groups in total. The molecule has 1 aromatic rings. The number of hydrogen-bond acceptors (Lipinski definition) is 4. The second kappa shape index (κ2) is 7.63. The molecule has 1 unspecified atom stereocenters. The van der Waals surface area contributed by atoms with E-state index in [9.17, 15) is 4.79 Å². The minimum atomic E-state index is -0.0503. The van der Waals surface area contributed by atoms with Gasteiger partial charge >= 0.3 is 0 Å². The molecule has 1 atom stereocenters. The second-order valence-corrected chi connectivity index (χ2v) is 4.44. The Hall–Kier alpha value is -1.75. The first-order valence-corrected chi connectivity index (χ1v) is 6.32. The topological polar surface area (TPSA) is 73.6 Å². The van der Waals surface area contributed by atoms with E-state index in [1.807, 2.05) is 25.1 Å². The average Bonchev–Trinajstić information content (AvgIpc) is 2.38. The summed E-state index contributed by atoms with van der Waals surface area (Å²) >= 11 is 0. The Kier molecular flexibility index (Phi) is 6.15. The number of nitrogens with two attached hydrogens (primary N) is 1. The zero-order chi connectivity index (χ0) is 14.3. The Labute approximate surface area is 114 Å². The quantitative estimate of drug-likeness (QED) is 0.775. The van der Waals surface area contributed by atoms with Gasteiger partial charge in [0.1, 0.15) is 0 Å². The fraction of sp³-hybridized carbons (Fsp3) is 0.500. The lowest BCUT2D eigenvalue weighted by atomic mass is 10.1. The van der Waals surface area contributed by atoms with Crippen LogP contribution in [-0.2, 0) is 11.2 Å². The van der Waals surface area contributed by atoms with E-state index in [-0.39, 0.29) is 11.9 Å². The SMILES string of the molecule is CNC(=O)CCOc1cc(CC(C)N)ccc1OC. The predicted octanol–water partition coefficient (Wildman–Crippen LogP) is 1.10. The molecular weight excluding hydrogens is 244 g/mol. The van der Waals surface area contributed by atoms with Crippen LogP contribution in [0.25, 0.3) is 0 Å². The van der Waals surface area contributed by atoms with Crippen LogP contribution in [0.3, 0.4) is 0 Å². The molecule has 0 heterocycles. The van der Waals surface area contributed by atoms with Crippen LogP contribution in [-0.4, -0.2) is 32.7 Å². The van der Waals surface area contributed by atoms with E-state index in [1.54, 1.807) is 14.2 Å². The van der Waals surface area contributed by atoms with Crippen LogP contribution in [0.15, 0.2) is 18.2 Å². The number of carbonyl (C=O) groups excluding carboxylic acids is 1. The summed E-state index contributed by atoms with van der Waals surface area (Å²) < 4.78 is 10.8. The van der Waals surface area contributed by atoms with Crippen LogP contribution >= 0.6 is 0 Å². The third-order valence-electron chi connectivity index (χ3n) is 2.65. The second-order valence-electron chi connectivity index (χ2n) is 4.44. The summed E-state index contributed by atoms with van der Waals surface area (Å²) in [7, 11) is 3.19. The van der Waals surface area contributed by atoms with Crippen LogP contribution in [0.5, 0.6) is 11.5 Å². The molecule has 0 saturated carbocycles. The molecule has 1 rings (SSSR count). The van der Waals surface area contributed by atoms with Crippen molar-refractivity contribution in [3.05, 3.63) is 23.8 Å². The summed E-state index contributed by atoms with van der Waals surface area (Å²) in [6.07, 6.45) is 1.09. The van der Waals surface area contributed by atoms with E-state index >= 15 is 0 Å². The number of benzene rings is 1. The van der Waals surface area contributed by atoms with Crippen LogP contribution in [0.4, 0.5) is 0 Å². The van der Waals surface area contributed by atoms with Gasteiger partial charge in [0.25, 0.3) is 0 Å². The fourth-order valence-electron chi connectivity index (χ4n) is 1.71. The monoisotopic (exact) mass is 266 g/mol. The van der Waals surface area contributed by atoms with Crippen molar-refractivity contribution in [2.24, 2.45) is 5.73 Å². The van der Waals surface area contributed by atoms with Gasteiger partial charge in [-0.2, -0.15) is 0 Å². The van der Waals surface area contributed by atoms with Crippen molar-refractivity contribution in [1.82, 2.24) is 5.32 Å². The van der Waals surface area contributed by atoms with Gasteiger partial charge in [-0.25, -0.2) is 0 Å². The van der Waals surface area contributed by atoms with Gasteiger partial charge in [-0.1, -0.05) is 6.07 Å². The number of hydrogen-bond donors (Lipinski definition) is 2. The Morgan fingerprint density at radius 2 is 2.16 bits per heavy atom. The van der Waals surface area contributed by atoms with Crippen LogP contribution in [0.1, 0.15) is 18.9 Å². The maximum Gasteiger partial charge on any atom is 0.223 e. The lowest BCUT2D eigenvalue weighted by Gasteiger charge is -2.13. The summed E-state index contributed by atoms with van der Waals surface area (Å²) in [4.78, 5) is 11.1. The van der Waals surface area contributed by atoms with Gasteiger partial charge in [-0.15, -0.1) is 0 Å². The molecule has 0 saturated heterocycles. The Bertz CT molecular complexity index is 419. The zero-order valence-corrected chi connectivity index (χ0v) is 11.7. The first-order chi connectivity index (χ1) is 9.06. The molecule has 5 nitrogen and oxygen atoms in total. The van der Waals surface area contributed by atoms with E-state index in [0.717, 1.165) is 12.0 Å². The van der Waals surface area contributed by atoms with Gasteiger partial charge in [-0.3, -0.25) is 4.79 Å². The van der Waals surface area contributed by atoms with Crippen LogP contribution < -0.4 is 20.5 Å². The molecule has 5 heteroatoms. The molecule has 0 spiro atoms. The summed E-state index contributed by atoms with van der Waals surface area (Å²) in [5.41, 5.74) is 6.87. The molecule has 1 amide bonds. The Morgan fingerprint density at radius 3 is 2.74 bits per heavy atom. The molecule has 0 fully saturated rings. The highest BCUT2D eigenvalue weighted by Crippen LogP contribution is 2.28. The number of amides is 1. The van der Waals surface area contributed by atoms with Crippen LogP contribution in [0.2, 0.25) is 0 Å². The molecule has 0 aliphatic heterocycles. The average molecular weight is 266 g/mol. The van der Waals surface area contributed by atoms with E-state index in [2.05, 4.69) is 5.32 Å². The van der Waals surface area contributed by atoms with Crippen molar-refractivity contribution in [3.63, 3.8) is 0 Å². The molecular formula is C14H22N2O3. The highest BCUT2D eigenvalue weighted by Gasteiger charge is 2.08. The molecule has 0 radical (unpaired) electrons. The largest absolute Gasteiger partial charge is 0.493 e. The van der Waals surface area contributed by atoms with Gasteiger partial charge in [-0.05, 0) is 31.0 Å². The number of methoxy groups -OCH3 is 1. The third kappa shape index (κ3) is 5.18. The Balaban J connectivity index is 2.69. The number of carbonyl (C=O) groups is 1. The third-order valence-corrected chi connectivity index (χ3v) is 2.65. The zero-order valence-electron chi connectivity index (χ0n) is 11.7. The van der Waals surface area contributed by atoms with Crippen LogP contribution in [0, 0.1) is 0 Å². The highest BCUT2D eigenvalue weighted by atomic mass is 16.5.